The Bertz CT molecular complexity index is 1790. The molecule has 1 aliphatic rings. The number of ether oxygens (including phenoxy) is 5. The number of aliphatic hydroxyl groups excluding tert-OH is 1. The van der Waals surface area contributed by atoms with E-state index in [9.17, 15) is 10.2 Å². The van der Waals surface area contributed by atoms with Gasteiger partial charge in [-0.2, -0.15) is 0 Å². The van der Waals surface area contributed by atoms with Crippen LogP contribution < -0.4 is 23.7 Å². The molecule has 7 heteroatoms. The first-order valence-electron chi connectivity index (χ1n) is 13.9. The third-order valence-corrected chi connectivity index (χ3v) is 7.83. The van der Waals surface area contributed by atoms with E-state index in [1.165, 1.54) is 0 Å². The van der Waals surface area contributed by atoms with Crippen LogP contribution in [0.15, 0.2) is 72.8 Å². The molecule has 1 atom stereocenters. The maximum Gasteiger partial charge on any atom is 0.245 e. The number of methoxy groups -OCH3 is 3. The number of hydrogen-bond acceptors (Lipinski definition) is 7. The molecule has 0 saturated carbocycles. The summed E-state index contributed by atoms with van der Waals surface area (Å²) in [4.78, 5) is 0. The van der Waals surface area contributed by atoms with Crippen LogP contribution >= 0.6 is 0 Å². The Morgan fingerprint density at radius 2 is 1.48 bits per heavy atom. The predicted octanol–water partition coefficient (Wildman–Crippen LogP) is 7.10. The summed E-state index contributed by atoms with van der Waals surface area (Å²) in [5, 5.41) is 26.1. The van der Waals surface area contributed by atoms with Crippen molar-refractivity contribution in [3.05, 3.63) is 95.1 Å². The van der Waals surface area contributed by atoms with Crippen LogP contribution in [0.2, 0.25) is 0 Å². The quantitative estimate of drug-likeness (QED) is 0.207. The fourth-order valence-corrected chi connectivity index (χ4v) is 5.96. The van der Waals surface area contributed by atoms with Crippen molar-refractivity contribution in [3.8, 4) is 34.5 Å². The van der Waals surface area contributed by atoms with Gasteiger partial charge in [0, 0.05) is 25.5 Å². The minimum Gasteiger partial charge on any atom is -0.507 e. The normalized spacial score (nSPS) is 14.2. The Morgan fingerprint density at radius 1 is 0.738 bits per heavy atom. The topological polar surface area (TPSA) is 86.6 Å². The van der Waals surface area contributed by atoms with Gasteiger partial charge in [0.2, 0.25) is 5.79 Å². The van der Waals surface area contributed by atoms with Crippen molar-refractivity contribution in [2.45, 2.75) is 38.6 Å². The molecule has 0 fully saturated rings. The van der Waals surface area contributed by atoms with E-state index >= 15 is 0 Å². The predicted molar refractivity (Wildman–Crippen MR) is 162 cm³/mol. The van der Waals surface area contributed by atoms with Gasteiger partial charge in [-0.15, -0.1) is 0 Å². The monoisotopic (exact) mass is 566 g/mol. The number of hydrogen-bond donors (Lipinski definition) is 2. The zero-order valence-electron chi connectivity index (χ0n) is 24.4. The first-order chi connectivity index (χ1) is 20.2. The molecular formula is C35H34O7. The van der Waals surface area contributed by atoms with E-state index in [0.717, 1.165) is 32.8 Å². The van der Waals surface area contributed by atoms with Gasteiger partial charge in [0.25, 0.3) is 0 Å². The van der Waals surface area contributed by atoms with Crippen molar-refractivity contribution in [1.82, 2.24) is 0 Å². The molecule has 5 aromatic carbocycles. The molecule has 1 aliphatic heterocycles. The number of benzene rings is 5. The maximum absolute atomic E-state index is 12.0. The number of fused-ring (bicyclic) bond motifs is 1. The third kappa shape index (κ3) is 4.80. The maximum atomic E-state index is 12.0. The van der Waals surface area contributed by atoms with Crippen LogP contribution in [-0.2, 0) is 12.8 Å². The summed E-state index contributed by atoms with van der Waals surface area (Å²) in [7, 11) is 4.80. The molecule has 0 radical (unpaired) electrons. The summed E-state index contributed by atoms with van der Waals surface area (Å²) in [6, 6.07) is 22.8. The minimum absolute atomic E-state index is 0.165. The molecule has 216 valence electrons. The highest BCUT2D eigenvalue weighted by atomic mass is 16.7. The van der Waals surface area contributed by atoms with Crippen LogP contribution in [0.3, 0.4) is 0 Å². The Kier molecular flexibility index (Phi) is 6.99. The SMILES string of the molecule is COc1cc(OC)c(CCc2cc(O)c3c(OC)cccc3c2)c(C(O)c2ccc3c4c(cccc24)OC(C)(C)O3)c1. The van der Waals surface area contributed by atoms with E-state index in [0.29, 0.717) is 52.5 Å². The fraction of sp³-hybridized carbons (Fsp3) is 0.257. The summed E-state index contributed by atoms with van der Waals surface area (Å²) in [5.74, 6) is 2.62. The van der Waals surface area contributed by atoms with Gasteiger partial charge in [-0.25, -0.2) is 0 Å². The van der Waals surface area contributed by atoms with Gasteiger partial charge in [0.05, 0.1) is 32.1 Å². The second-order valence-corrected chi connectivity index (χ2v) is 10.9. The highest BCUT2D eigenvalue weighted by Gasteiger charge is 2.31. The highest BCUT2D eigenvalue weighted by molar-refractivity contribution is 5.97. The second kappa shape index (κ2) is 10.7. The Labute approximate surface area is 244 Å². The molecule has 0 spiro atoms. The van der Waals surface area contributed by atoms with Crippen LogP contribution in [0, 0.1) is 0 Å². The van der Waals surface area contributed by atoms with E-state index < -0.39 is 11.9 Å². The van der Waals surface area contributed by atoms with Crippen LogP contribution in [-0.4, -0.2) is 37.3 Å². The van der Waals surface area contributed by atoms with Crippen molar-refractivity contribution < 1.29 is 33.9 Å². The summed E-state index contributed by atoms with van der Waals surface area (Å²) in [6.07, 6.45) is 0.164. The number of rotatable bonds is 8. The Balaban J connectivity index is 1.42. The van der Waals surface area contributed by atoms with Crippen LogP contribution in [0.1, 0.15) is 42.2 Å². The molecule has 0 saturated heterocycles. The van der Waals surface area contributed by atoms with Crippen molar-refractivity contribution in [2.75, 3.05) is 21.3 Å². The molecular weight excluding hydrogens is 532 g/mol. The zero-order valence-corrected chi connectivity index (χ0v) is 24.4. The Hall–Kier alpha value is -4.62. The molecule has 0 aromatic heterocycles. The zero-order chi connectivity index (χ0) is 29.6. The number of aryl methyl sites for hydroxylation is 1. The van der Waals surface area contributed by atoms with E-state index in [2.05, 4.69) is 6.07 Å². The Morgan fingerprint density at radius 3 is 2.21 bits per heavy atom. The van der Waals surface area contributed by atoms with Gasteiger partial charge in [0.1, 0.15) is 40.6 Å². The first kappa shape index (κ1) is 27.5. The lowest BCUT2D eigenvalue weighted by Gasteiger charge is -2.33. The van der Waals surface area contributed by atoms with Gasteiger partial charge in [0.15, 0.2) is 0 Å². The molecule has 0 bridgehead atoms. The van der Waals surface area contributed by atoms with Crippen LogP contribution in [0.25, 0.3) is 21.5 Å². The minimum atomic E-state index is -0.988. The lowest BCUT2D eigenvalue weighted by molar-refractivity contribution is -0.0861. The van der Waals surface area contributed by atoms with Gasteiger partial charge in [-0.3, -0.25) is 0 Å². The van der Waals surface area contributed by atoms with Crippen molar-refractivity contribution in [1.29, 1.82) is 0 Å². The lowest BCUT2D eigenvalue weighted by Crippen LogP contribution is -2.37. The molecule has 7 nitrogen and oxygen atoms in total. The molecule has 42 heavy (non-hydrogen) atoms. The smallest absolute Gasteiger partial charge is 0.245 e. The molecule has 6 rings (SSSR count). The standard InChI is InChI=1S/C35H34O7/c1-35(2)41-29-11-7-9-24-25(14-15-30(42-35)33(24)29)34(37)26-18-22(38-3)19-31(40-5)23(26)13-12-20-16-21-8-6-10-28(39-4)32(21)27(36)17-20/h6-11,14-19,34,36-37H,12-13H2,1-5H3. The summed E-state index contributed by atoms with van der Waals surface area (Å²) < 4.78 is 29.0. The number of aromatic hydroxyl groups is 1. The van der Waals surface area contributed by atoms with Gasteiger partial charge in [-0.05, 0) is 70.6 Å². The van der Waals surface area contributed by atoms with Crippen molar-refractivity contribution in [2.24, 2.45) is 0 Å². The summed E-state index contributed by atoms with van der Waals surface area (Å²) >= 11 is 0. The van der Waals surface area contributed by atoms with E-state index in [1.807, 2.05) is 74.5 Å². The van der Waals surface area contributed by atoms with Crippen molar-refractivity contribution in [3.63, 3.8) is 0 Å². The molecule has 2 N–H and O–H groups in total. The average molecular weight is 567 g/mol. The lowest BCUT2D eigenvalue weighted by atomic mass is 9.89. The fourth-order valence-electron chi connectivity index (χ4n) is 5.96. The number of phenolic OH excluding ortho intramolecular Hbond substituents is 1. The molecule has 0 amide bonds. The average Bonchev–Trinajstić information content (AvgIpc) is 2.98. The largest absolute Gasteiger partial charge is 0.507 e. The number of phenols is 1. The molecule has 1 heterocycles. The van der Waals surface area contributed by atoms with Gasteiger partial charge < -0.3 is 33.9 Å². The van der Waals surface area contributed by atoms with E-state index in [4.69, 9.17) is 23.7 Å². The van der Waals surface area contributed by atoms with Crippen LogP contribution in [0.5, 0.6) is 34.5 Å². The summed E-state index contributed by atoms with van der Waals surface area (Å²) in [6.45, 7) is 3.75. The van der Waals surface area contributed by atoms with Crippen LogP contribution in [0.4, 0.5) is 0 Å². The highest BCUT2D eigenvalue weighted by Crippen LogP contribution is 2.46. The third-order valence-electron chi connectivity index (χ3n) is 7.83. The van der Waals surface area contributed by atoms with Gasteiger partial charge in [-0.1, -0.05) is 36.4 Å². The second-order valence-electron chi connectivity index (χ2n) is 10.9. The number of aliphatic hydroxyl groups is 1. The molecule has 0 aliphatic carbocycles. The van der Waals surface area contributed by atoms with E-state index in [-0.39, 0.29) is 5.75 Å². The van der Waals surface area contributed by atoms with E-state index in [1.54, 1.807) is 27.4 Å². The summed E-state index contributed by atoms with van der Waals surface area (Å²) in [5.41, 5.74) is 3.20. The molecule has 5 aromatic rings. The van der Waals surface area contributed by atoms with Crippen molar-refractivity contribution >= 4 is 21.5 Å². The van der Waals surface area contributed by atoms with Gasteiger partial charge >= 0.3 is 0 Å². The molecule has 1 unspecified atom stereocenters. The first-order valence-corrected chi connectivity index (χ1v) is 13.9.